The van der Waals surface area contributed by atoms with Crippen molar-refractivity contribution in [2.24, 2.45) is 0 Å². The lowest BCUT2D eigenvalue weighted by Crippen LogP contribution is -2.26. The number of rotatable bonds is 4. The second kappa shape index (κ2) is 6.25. The fraction of sp³-hybridized carbons (Fsp3) is 0.400. The van der Waals surface area contributed by atoms with Gasteiger partial charge in [0.25, 0.3) is 0 Å². The highest BCUT2D eigenvalue weighted by molar-refractivity contribution is 5.82. The third kappa shape index (κ3) is 2.49. The fourth-order valence-electron chi connectivity index (χ4n) is 3.72. The van der Waals surface area contributed by atoms with E-state index in [2.05, 4.69) is 50.2 Å². The molecule has 0 unspecified atom stereocenters. The van der Waals surface area contributed by atoms with Crippen LogP contribution in [0.4, 0.5) is 0 Å². The highest BCUT2D eigenvalue weighted by atomic mass is 16.5. The first-order valence-corrected chi connectivity index (χ1v) is 8.14. The van der Waals surface area contributed by atoms with E-state index in [-0.39, 0.29) is 0 Å². The fourth-order valence-corrected chi connectivity index (χ4v) is 3.72. The summed E-state index contributed by atoms with van der Waals surface area (Å²) >= 11 is 0. The largest absolute Gasteiger partial charge is 0.493 e. The van der Waals surface area contributed by atoms with E-state index in [0.717, 1.165) is 24.3 Å². The summed E-state index contributed by atoms with van der Waals surface area (Å²) < 4.78 is 11.2. The molecule has 1 aliphatic rings. The summed E-state index contributed by atoms with van der Waals surface area (Å²) in [6.07, 6.45) is 2.03. The van der Waals surface area contributed by atoms with Crippen LogP contribution < -0.4 is 9.47 Å². The monoisotopic (exact) mass is 311 g/mol. The molecule has 0 bridgehead atoms. The van der Waals surface area contributed by atoms with Crippen LogP contribution in [0.3, 0.4) is 0 Å². The Morgan fingerprint density at radius 2 is 1.87 bits per heavy atom. The molecule has 0 radical (unpaired) electrons. The smallest absolute Gasteiger partial charge is 0.168 e. The zero-order valence-corrected chi connectivity index (χ0v) is 14.6. The van der Waals surface area contributed by atoms with E-state index in [1.165, 1.54) is 27.8 Å². The van der Waals surface area contributed by atoms with Crippen molar-refractivity contribution in [2.75, 3.05) is 28.3 Å². The minimum atomic E-state index is 0.395. The average Bonchev–Trinajstić information content (AvgIpc) is 2.58. The topological polar surface area (TPSA) is 21.7 Å². The normalized spacial score (nSPS) is 16.0. The van der Waals surface area contributed by atoms with E-state index in [4.69, 9.17) is 9.47 Å². The molecule has 2 aromatic carbocycles. The first kappa shape index (κ1) is 15.9. The highest BCUT2D eigenvalue weighted by Crippen LogP contribution is 2.49. The molecule has 0 aliphatic heterocycles. The SMILES string of the molecule is CCc1cccc2c1[C@H](N(C)C)Cc1ccc(OC)c(OC)c1-2. The van der Waals surface area contributed by atoms with Crippen molar-refractivity contribution >= 4 is 0 Å². The van der Waals surface area contributed by atoms with Gasteiger partial charge < -0.3 is 14.4 Å². The van der Waals surface area contributed by atoms with Gasteiger partial charge in [-0.25, -0.2) is 0 Å². The number of benzene rings is 2. The number of hydrogen-bond acceptors (Lipinski definition) is 3. The number of nitrogens with zero attached hydrogens (tertiary/aromatic N) is 1. The van der Waals surface area contributed by atoms with Gasteiger partial charge in [0, 0.05) is 11.6 Å². The molecule has 3 rings (SSSR count). The molecule has 122 valence electrons. The summed E-state index contributed by atoms with van der Waals surface area (Å²) in [4.78, 5) is 2.32. The van der Waals surface area contributed by atoms with Crippen LogP contribution in [0.15, 0.2) is 30.3 Å². The summed E-state index contributed by atoms with van der Waals surface area (Å²) in [5, 5.41) is 0. The minimum absolute atomic E-state index is 0.395. The third-order valence-electron chi connectivity index (χ3n) is 4.85. The summed E-state index contributed by atoms with van der Waals surface area (Å²) in [6.45, 7) is 2.22. The molecule has 0 amide bonds. The Morgan fingerprint density at radius 3 is 2.48 bits per heavy atom. The van der Waals surface area contributed by atoms with E-state index in [9.17, 15) is 0 Å². The summed E-state index contributed by atoms with van der Waals surface area (Å²) in [5.41, 5.74) is 6.63. The van der Waals surface area contributed by atoms with Gasteiger partial charge in [-0.05, 0) is 55.3 Å². The molecule has 0 heterocycles. The van der Waals surface area contributed by atoms with Crippen molar-refractivity contribution in [2.45, 2.75) is 25.8 Å². The van der Waals surface area contributed by atoms with Crippen LogP contribution in [0.2, 0.25) is 0 Å². The summed E-state index contributed by atoms with van der Waals surface area (Å²) in [5.74, 6) is 1.64. The van der Waals surface area contributed by atoms with Crippen molar-refractivity contribution in [3.8, 4) is 22.6 Å². The van der Waals surface area contributed by atoms with E-state index in [0.29, 0.717) is 6.04 Å². The van der Waals surface area contributed by atoms with Gasteiger partial charge in [-0.1, -0.05) is 31.2 Å². The second-order valence-electron chi connectivity index (χ2n) is 6.25. The van der Waals surface area contributed by atoms with Crippen molar-refractivity contribution in [1.29, 1.82) is 0 Å². The predicted molar refractivity (Wildman–Crippen MR) is 94.5 cm³/mol. The molecule has 0 aromatic heterocycles. The van der Waals surface area contributed by atoms with Gasteiger partial charge in [0.1, 0.15) is 0 Å². The van der Waals surface area contributed by atoms with Crippen molar-refractivity contribution in [3.05, 3.63) is 47.0 Å². The van der Waals surface area contributed by atoms with E-state index < -0.39 is 0 Å². The standard InChI is InChI=1S/C20H25NO2/c1-6-13-8-7-9-15-18(13)16(21(2)3)12-14-10-11-17(22-4)20(23-5)19(14)15/h7-11,16H,6,12H2,1-5H3/t16-/m1/s1. The number of likely N-dealkylation sites (N-methyl/N-ethyl adjacent to an activating group) is 1. The lowest BCUT2D eigenvalue weighted by Gasteiger charge is -2.35. The summed E-state index contributed by atoms with van der Waals surface area (Å²) in [7, 11) is 7.73. The number of ether oxygens (including phenoxy) is 2. The van der Waals surface area contributed by atoms with Crippen LogP contribution in [0, 0.1) is 0 Å². The quantitative estimate of drug-likeness (QED) is 0.849. The first-order chi connectivity index (χ1) is 11.1. The Morgan fingerprint density at radius 1 is 1.09 bits per heavy atom. The molecule has 23 heavy (non-hydrogen) atoms. The molecule has 3 nitrogen and oxygen atoms in total. The maximum atomic E-state index is 5.72. The Kier molecular flexibility index (Phi) is 4.31. The molecule has 2 aromatic rings. The van der Waals surface area contributed by atoms with Crippen LogP contribution >= 0.6 is 0 Å². The zero-order valence-electron chi connectivity index (χ0n) is 14.6. The van der Waals surface area contributed by atoms with Crippen LogP contribution in [0.25, 0.3) is 11.1 Å². The van der Waals surface area contributed by atoms with Crippen molar-refractivity contribution in [3.63, 3.8) is 0 Å². The number of fused-ring (bicyclic) bond motifs is 3. The van der Waals surface area contributed by atoms with Gasteiger partial charge in [-0.2, -0.15) is 0 Å². The Bertz CT molecular complexity index is 722. The zero-order chi connectivity index (χ0) is 16.6. The molecule has 1 aliphatic carbocycles. The van der Waals surface area contributed by atoms with Gasteiger partial charge in [-0.15, -0.1) is 0 Å². The second-order valence-corrected chi connectivity index (χ2v) is 6.25. The number of methoxy groups -OCH3 is 2. The maximum Gasteiger partial charge on any atom is 0.168 e. The van der Waals surface area contributed by atoms with Crippen LogP contribution in [0.1, 0.15) is 29.7 Å². The van der Waals surface area contributed by atoms with Crippen molar-refractivity contribution in [1.82, 2.24) is 4.90 Å². The van der Waals surface area contributed by atoms with Gasteiger partial charge in [-0.3, -0.25) is 0 Å². The first-order valence-electron chi connectivity index (χ1n) is 8.14. The molecule has 3 heteroatoms. The van der Waals surface area contributed by atoms with Crippen LogP contribution in [0.5, 0.6) is 11.5 Å². The van der Waals surface area contributed by atoms with Crippen LogP contribution in [-0.4, -0.2) is 33.2 Å². The van der Waals surface area contributed by atoms with Crippen LogP contribution in [-0.2, 0) is 12.8 Å². The van der Waals surface area contributed by atoms with Crippen molar-refractivity contribution < 1.29 is 9.47 Å². The highest BCUT2D eigenvalue weighted by Gasteiger charge is 2.31. The van der Waals surface area contributed by atoms with E-state index in [1.54, 1.807) is 14.2 Å². The van der Waals surface area contributed by atoms with Gasteiger partial charge in [0.15, 0.2) is 11.5 Å². The van der Waals surface area contributed by atoms with Gasteiger partial charge >= 0.3 is 0 Å². The average molecular weight is 311 g/mol. The molecule has 1 atom stereocenters. The predicted octanol–water partition coefficient (Wildman–Crippen LogP) is 4.09. The van der Waals surface area contributed by atoms with E-state index >= 15 is 0 Å². The summed E-state index contributed by atoms with van der Waals surface area (Å²) in [6, 6.07) is 11.2. The van der Waals surface area contributed by atoms with E-state index in [1.807, 2.05) is 6.07 Å². The molecular weight excluding hydrogens is 286 g/mol. The number of hydrogen-bond donors (Lipinski definition) is 0. The Hall–Kier alpha value is -2.00. The lowest BCUT2D eigenvalue weighted by atomic mass is 9.79. The third-order valence-corrected chi connectivity index (χ3v) is 4.85. The lowest BCUT2D eigenvalue weighted by molar-refractivity contribution is 0.293. The number of aryl methyl sites for hydroxylation is 1. The molecule has 0 spiro atoms. The molecule has 0 saturated heterocycles. The van der Waals surface area contributed by atoms with Gasteiger partial charge in [0.2, 0.25) is 0 Å². The minimum Gasteiger partial charge on any atom is -0.493 e. The maximum absolute atomic E-state index is 5.72. The Labute approximate surface area is 138 Å². The molecule has 0 N–H and O–H groups in total. The molecule has 0 fully saturated rings. The molecule has 0 saturated carbocycles. The molecular formula is C20H25NO2. The van der Waals surface area contributed by atoms with Gasteiger partial charge in [0.05, 0.1) is 14.2 Å². The Balaban J connectivity index is 2.33.